The van der Waals surface area contributed by atoms with Gasteiger partial charge in [0.1, 0.15) is 11.5 Å². The summed E-state index contributed by atoms with van der Waals surface area (Å²) in [6.45, 7) is 6.07. The van der Waals surface area contributed by atoms with E-state index in [0.29, 0.717) is 12.2 Å². The molecule has 2 heteroatoms. The molecule has 2 nitrogen and oxygen atoms in total. The molecule has 0 saturated heterocycles. The highest BCUT2D eigenvalue weighted by Gasteiger charge is 2.10. The van der Waals surface area contributed by atoms with Gasteiger partial charge >= 0.3 is 0 Å². The van der Waals surface area contributed by atoms with E-state index in [0.717, 1.165) is 35.1 Å². The Kier molecular flexibility index (Phi) is 4.33. The highest BCUT2D eigenvalue weighted by atomic mass is 16.3. The smallest absolute Gasteiger partial charge is 0.122 e. The first-order valence-corrected chi connectivity index (χ1v) is 7.11. The van der Waals surface area contributed by atoms with Crippen molar-refractivity contribution < 1.29 is 10.2 Å². The van der Waals surface area contributed by atoms with Crippen LogP contribution in [0.2, 0.25) is 0 Å². The van der Waals surface area contributed by atoms with Gasteiger partial charge in [-0.05, 0) is 48.6 Å². The molecule has 0 saturated carbocycles. The Morgan fingerprint density at radius 2 is 1.70 bits per heavy atom. The van der Waals surface area contributed by atoms with Crippen LogP contribution in [0.3, 0.4) is 0 Å². The van der Waals surface area contributed by atoms with E-state index in [1.165, 1.54) is 5.56 Å². The van der Waals surface area contributed by atoms with E-state index in [1.54, 1.807) is 6.07 Å². The quantitative estimate of drug-likeness (QED) is 0.871. The molecule has 0 bridgehead atoms. The SMILES string of the molecule is CCCc1cc(C)c(O)c(Cc2cc(C)ccc2O)c1. The van der Waals surface area contributed by atoms with Crippen molar-refractivity contribution in [1.82, 2.24) is 0 Å². The summed E-state index contributed by atoms with van der Waals surface area (Å²) in [6.07, 6.45) is 2.64. The number of benzene rings is 2. The second-order valence-corrected chi connectivity index (χ2v) is 5.48. The fourth-order valence-electron chi connectivity index (χ4n) is 2.56. The third-order valence-corrected chi connectivity index (χ3v) is 3.59. The number of phenolic OH excluding ortho intramolecular Hbond substituents is 2. The fourth-order valence-corrected chi connectivity index (χ4v) is 2.56. The number of aromatic hydroxyl groups is 2. The number of aryl methyl sites for hydroxylation is 3. The number of rotatable bonds is 4. The Labute approximate surface area is 120 Å². The summed E-state index contributed by atoms with van der Waals surface area (Å²) in [5.74, 6) is 0.624. The second-order valence-electron chi connectivity index (χ2n) is 5.48. The molecule has 0 aliphatic heterocycles. The summed E-state index contributed by atoms with van der Waals surface area (Å²) in [5, 5.41) is 20.2. The summed E-state index contributed by atoms with van der Waals surface area (Å²) >= 11 is 0. The molecule has 2 aromatic carbocycles. The third kappa shape index (κ3) is 3.13. The Hall–Kier alpha value is -1.96. The molecule has 0 unspecified atom stereocenters. The minimum atomic E-state index is 0.286. The minimum absolute atomic E-state index is 0.286. The van der Waals surface area contributed by atoms with Gasteiger partial charge < -0.3 is 10.2 Å². The van der Waals surface area contributed by atoms with Gasteiger partial charge in [0.05, 0.1) is 0 Å². The van der Waals surface area contributed by atoms with Crippen LogP contribution in [0.25, 0.3) is 0 Å². The largest absolute Gasteiger partial charge is 0.508 e. The lowest BCUT2D eigenvalue weighted by molar-refractivity contribution is 0.460. The van der Waals surface area contributed by atoms with Crippen LogP contribution in [0, 0.1) is 13.8 Å². The van der Waals surface area contributed by atoms with Crippen LogP contribution in [0.5, 0.6) is 11.5 Å². The van der Waals surface area contributed by atoms with Gasteiger partial charge in [0, 0.05) is 6.42 Å². The first-order valence-electron chi connectivity index (χ1n) is 7.11. The summed E-state index contributed by atoms with van der Waals surface area (Å²) in [4.78, 5) is 0. The average Bonchev–Trinajstić information content (AvgIpc) is 2.40. The maximum atomic E-state index is 10.2. The fraction of sp³-hybridized carbons (Fsp3) is 0.333. The maximum absolute atomic E-state index is 10.2. The van der Waals surface area contributed by atoms with E-state index >= 15 is 0 Å². The van der Waals surface area contributed by atoms with Crippen molar-refractivity contribution >= 4 is 0 Å². The molecule has 2 rings (SSSR count). The van der Waals surface area contributed by atoms with Gasteiger partial charge in [-0.25, -0.2) is 0 Å². The first-order chi connectivity index (χ1) is 9.51. The summed E-state index contributed by atoms with van der Waals surface area (Å²) in [6, 6.07) is 9.66. The van der Waals surface area contributed by atoms with Crippen molar-refractivity contribution in [2.24, 2.45) is 0 Å². The lowest BCUT2D eigenvalue weighted by Gasteiger charge is -2.12. The number of hydrogen-bond acceptors (Lipinski definition) is 2. The Morgan fingerprint density at radius 1 is 0.950 bits per heavy atom. The van der Waals surface area contributed by atoms with Crippen LogP contribution < -0.4 is 0 Å². The van der Waals surface area contributed by atoms with Crippen LogP contribution in [-0.2, 0) is 12.8 Å². The van der Waals surface area contributed by atoms with Crippen molar-refractivity contribution in [1.29, 1.82) is 0 Å². The average molecular weight is 270 g/mol. The van der Waals surface area contributed by atoms with Crippen molar-refractivity contribution in [3.8, 4) is 11.5 Å². The molecule has 0 fully saturated rings. The van der Waals surface area contributed by atoms with Gasteiger partial charge in [-0.1, -0.05) is 43.2 Å². The molecule has 20 heavy (non-hydrogen) atoms. The van der Waals surface area contributed by atoms with E-state index in [1.807, 2.05) is 38.1 Å². The Balaban J connectivity index is 2.39. The molecular weight excluding hydrogens is 248 g/mol. The standard InChI is InChI=1S/C18H22O2/c1-4-5-14-9-13(3)18(20)16(10-14)11-15-8-12(2)6-7-17(15)19/h6-10,19-20H,4-5,11H2,1-3H3. The zero-order chi connectivity index (χ0) is 14.7. The summed E-state index contributed by atoms with van der Waals surface area (Å²) in [7, 11) is 0. The molecule has 0 aliphatic carbocycles. The first kappa shape index (κ1) is 14.4. The third-order valence-electron chi connectivity index (χ3n) is 3.59. The number of phenols is 2. The molecule has 0 atom stereocenters. The highest BCUT2D eigenvalue weighted by Crippen LogP contribution is 2.29. The monoisotopic (exact) mass is 270 g/mol. The molecule has 0 aromatic heterocycles. The van der Waals surface area contributed by atoms with Crippen LogP contribution in [0.1, 0.15) is 41.2 Å². The summed E-state index contributed by atoms with van der Waals surface area (Å²) in [5.41, 5.74) is 4.99. The van der Waals surface area contributed by atoms with Crippen molar-refractivity contribution in [3.05, 3.63) is 58.1 Å². The zero-order valence-electron chi connectivity index (χ0n) is 12.4. The minimum Gasteiger partial charge on any atom is -0.508 e. The molecule has 2 N–H and O–H groups in total. The van der Waals surface area contributed by atoms with Gasteiger partial charge in [0.2, 0.25) is 0 Å². The van der Waals surface area contributed by atoms with E-state index in [9.17, 15) is 10.2 Å². The molecule has 106 valence electrons. The molecule has 0 radical (unpaired) electrons. The van der Waals surface area contributed by atoms with E-state index in [-0.39, 0.29) is 5.75 Å². The number of hydrogen-bond donors (Lipinski definition) is 2. The normalized spacial score (nSPS) is 10.8. The molecule has 0 aliphatic rings. The van der Waals surface area contributed by atoms with Crippen molar-refractivity contribution in [2.45, 2.75) is 40.0 Å². The molecule has 2 aromatic rings. The predicted molar refractivity (Wildman–Crippen MR) is 82.5 cm³/mol. The van der Waals surface area contributed by atoms with Crippen molar-refractivity contribution in [2.75, 3.05) is 0 Å². The lowest BCUT2D eigenvalue weighted by Crippen LogP contribution is -1.95. The van der Waals surface area contributed by atoms with Crippen LogP contribution >= 0.6 is 0 Å². The van der Waals surface area contributed by atoms with Crippen LogP contribution in [0.15, 0.2) is 30.3 Å². The Morgan fingerprint density at radius 3 is 2.40 bits per heavy atom. The molecule has 0 amide bonds. The van der Waals surface area contributed by atoms with Gasteiger partial charge in [-0.3, -0.25) is 0 Å². The van der Waals surface area contributed by atoms with Gasteiger partial charge in [-0.2, -0.15) is 0 Å². The van der Waals surface area contributed by atoms with Crippen LogP contribution in [0.4, 0.5) is 0 Å². The Bertz CT molecular complexity index is 615. The highest BCUT2D eigenvalue weighted by molar-refractivity contribution is 5.48. The topological polar surface area (TPSA) is 40.5 Å². The van der Waals surface area contributed by atoms with E-state index in [4.69, 9.17) is 0 Å². The lowest BCUT2D eigenvalue weighted by atomic mass is 9.96. The van der Waals surface area contributed by atoms with E-state index < -0.39 is 0 Å². The second kappa shape index (κ2) is 6.00. The van der Waals surface area contributed by atoms with Crippen molar-refractivity contribution in [3.63, 3.8) is 0 Å². The van der Waals surface area contributed by atoms with Gasteiger partial charge in [-0.15, -0.1) is 0 Å². The summed E-state index contributed by atoms with van der Waals surface area (Å²) < 4.78 is 0. The predicted octanol–water partition coefficient (Wildman–Crippen LogP) is 4.26. The van der Waals surface area contributed by atoms with Gasteiger partial charge in [0.25, 0.3) is 0 Å². The van der Waals surface area contributed by atoms with Crippen LogP contribution in [-0.4, -0.2) is 10.2 Å². The van der Waals surface area contributed by atoms with Gasteiger partial charge in [0.15, 0.2) is 0 Å². The maximum Gasteiger partial charge on any atom is 0.122 e. The molecule has 0 spiro atoms. The van der Waals surface area contributed by atoms with E-state index in [2.05, 4.69) is 6.92 Å². The zero-order valence-corrected chi connectivity index (χ0v) is 12.4. The molecular formula is C18H22O2. The molecule has 0 heterocycles.